The zero-order chi connectivity index (χ0) is 27.7. The van der Waals surface area contributed by atoms with Crippen LogP contribution >= 0.6 is 12.2 Å². The number of nitrogens with zero attached hydrogens (tertiary/aromatic N) is 1. The summed E-state index contributed by atoms with van der Waals surface area (Å²) in [6.45, 7) is 8.35. The first-order valence-corrected chi connectivity index (χ1v) is 12.9. The monoisotopic (exact) mass is 534 g/mol. The minimum absolute atomic E-state index is 0.122. The molecule has 0 aromatic heterocycles. The summed E-state index contributed by atoms with van der Waals surface area (Å²) in [6.07, 6.45) is 2.05. The number of ether oxygens (including phenoxy) is 1. The second-order valence-electron chi connectivity index (χ2n) is 10.1. The van der Waals surface area contributed by atoms with Crippen LogP contribution in [-0.2, 0) is 19.1 Å². The van der Waals surface area contributed by atoms with E-state index in [1.54, 1.807) is 29.2 Å². The van der Waals surface area contributed by atoms with Gasteiger partial charge in [0.15, 0.2) is 5.11 Å². The number of carboxylic acid groups (broad SMARTS) is 1. The number of anilines is 1. The van der Waals surface area contributed by atoms with Crippen molar-refractivity contribution in [1.29, 1.82) is 0 Å². The van der Waals surface area contributed by atoms with E-state index in [2.05, 4.69) is 20.7 Å². The molecule has 3 atom stereocenters. The number of thiocarbonyl (C=S) groups is 1. The van der Waals surface area contributed by atoms with Crippen molar-refractivity contribution in [2.75, 3.05) is 19.0 Å². The van der Waals surface area contributed by atoms with Crippen molar-refractivity contribution < 1.29 is 29.0 Å². The molecule has 1 aromatic carbocycles. The lowest BCUT2D eigenvalue weighted by Crippen LogP contribution is -2.56. The van der Waals surface area contributed by atoms with Gasteiger partial charge in [-0.1, -0.05) is 27.7 Å². The van der Waals surface area contributed by atoms with Crippen molar-refractivity contribution in [3.8, 4) is 0 Å². The fourth-order valence-corrected chi connectivity index (χ4v) is 4.57. The second-order valence-corrected chi connectivity index (χ2v) is 10.5. The third-order valence-corrected chi connectivity index (χ3v) is 6.39. The number of carboxylic acids is 1. The maximum absolute atomic E-state index is 13.3. The van der Waals surface area contributed by atoms with E-state index < -0.39 is 30.1 Å². The van der Waals surface area contributed by atoms with Gasteiger partial charge in [-0.3, -0.25) is 9.59 Å². The number of esters is 1. The molecular weight excluding hydrogens is 496 g/mol. The van der Waals surface area contributed by atoms with Crippen LogP contribution in [0.15, 0.2) is 24.3 Å². The van der Waals surface area contributed by atoms with E-state index in [9.17, 15) is 24.3 Å². The summed E-state index contributed by atoms with van der Waals surface area (Å²) in [5, 5.41) is 18.4. The molecule has 0 aliphatic carbocycles. The molecule has 3 unspecified atom stereocenters. The summed E-state index contributed by atoms with van der Waals surface area (Å²) in [6, 6.07) is 4.02. The molecule has 10 nitrogen and oxygen atoms in total. The molecule has 204 valence electrons. The van der Waals surface area contributed by atoms with E-state index in [4.69, 9.17) is 12.2 Å². The highest BCUT2D eigenvalue weighted by molar-refractivity contribution is 7.80. The molecule has 2 amide bonds. The van der Waals surface area contributed by atoms with Crippen molar-refractivity contribution in [3.63, 3.8) is 0 Å². The molecule has 1 heterocycles. The molecule has 2 rings (SSSR count). The Morgan fingerprint density at radius 1 is 1.00 bits per heavy atom. The van der Waals surface area contributed by atoms with Crippen LogP contribution < -0.4 is 16.0 Å². The summed E-state index contributed by atoms with van der Waals surface area (Å²) < 4.78 is 4.69. The maximum Gasteiger partial charge on any atom is 0.337 e. The summed E-state index contributed by atoms with van der Waals surface area (Å²) >= 11 is 5.48. The lowest BCUT2D eigenvalue weighted by Gasteiger charge is -2.30. The fourth-order valence-electron chi connectivity index (χ4n) is 4.21. The standard InChI is InChI=1S/C26H38N4O6S/c1-15(2)13-19(22(31)27-18-10-8-17(9-11-18)25(35)36-5)28-23(32)20(14-16(3)4)29-26(37)30-12-6-7-21(30)24(33)34/h8-11,15-16,19-21H,6-7,12-14H2,1-5H3,(H,27,31)(H,28,32)(H,29,37)(H,33,34). The van der Waals surface area contributed by atoms with Crippen LogP contribution in [0.25, 0.3) is 0 Å². The average molecular weight is 535 g/mol. The molecule has 1 aliphatic heterocycles. The van der Waals surface area contributed by atoms with E-state index in [-0.39, 0.29) is 28.8 Å². The maximum atomic E-state index is 13.3. The second kappa shape index (κ2) is 13.9. The smallest absolute Gasteiger partial charge is 0.337 e. The van der Waals surface area contributed by atoms with E-state index in [1.807, 2.05) is 27.7 Å². The molecule has 1 aromatic rings. The summed E-state index contributed by atoms with van der Waals surface area (Å²) in [5.41, 5.74) is 0.835. The van der Waals surface area contributed by atoms with Crippen LogP contribution in [0.4, 0.5) is 5.69 Å². The van der Waals surface area contributed by atoms with E-state index in [1.165, 1.54) is 7.11 Å². The Kier molecular flexibility index (Phi) is 11.3. The minimum Gasteiger partial charge on any atom is -0.480 e. The highest BCUT2D eigenvalue weighted by Crippen LogP contribution is 2.19. The van der Waals surface area contributed by atoms with Crippen molar-refractivity contribution in [3.05, 3.63) is 29.8 Å². The van der Waals surface area contributed by atoms with Gasteiger partial charge in [-0.2, -0.15) is 0 Å². The van der Waals surface area contributed by atoms with E-state index >= 15 is 0 Å². The SMILES string of the molecule is COC(=O)c1ccc(NC(=O)C(CC(C)C)NC(=O)C(CC(C)C)NC(=S)N2CCCC2C(=O)O)cc1. The molecule has 11 heteroatoms. The van der Waals surface area contributed by atoms with Crippen LogP contribution in [0, 0.1) is 11.8 Å². The Labute approximate surface area is 223 Å². The zero-order valence-corrected chi connectivity index (χ0v) is 22.9. The number of nitrogens with one attached hydrogen (secondary N) is 3. The first-order valence-electron chi connectivity index (χ1n) is 12.5. The molecule has 1 aliphatic rings. The zero-order valence-electron chi connectivity index (χ0n) is 22.1. The van der Waals surface area contributed by atoms with E-state index in [0.717, 1.165) is 0 Å². The Morgan fingerprint density at radius 3 is 2.08 bits per heavy atom. The molecule has 4 N–H and O–H groups in total. The Hall–Kier alpha value is -3.21. The topological polar surface area (TPSA) is 137 Å². The Bertz CT molecular complexity index is 982. The first-order chi connectivity index (χ1) is 17.4. The largest absolute Gasteiger partial charge is 0.480 e. The Morgan fingerprint density at radius 2 is 1.57 bits per heavy atom. The fraction of sp³-hybridized carbons (Fsp3) is 0.577. The Balaban J connectivity index is 2.13. The lowest BCUT2D eigenvalue weighted by molar-refractivity contribution is -0.140. The predicted molar refractivity (Wildman–Crippen MR) is 144 cm³/mol. The van der Waals surface area contributed by atoms with Crippen LogP contribution in [0.2, 0.25) is 0 Å². The van der Waals surface area contributed by atoms with Gasteiger partial charge in [-0.05, 0) is 74.0 Å². The highest BCUT2D eigenvalue weighted by Gasteiger charge is 2.34. The molecule has 0 saturated carbocycles. The van der Waals surface area contributed by atoms with Crippen LogP contribution in [0.5, 0.6) is 0 Å². The number of hydrogen-bond donors (Lipinski definition) is 4. The van der Waals surface area contributed by atoms with Gasteiger partial charge in [0.2, 0.25) is 11.8 Å². The van der Waals surface area contributed by atoms with Crippen molar-refractivity contribution in [2.24, 2.45) is 11.8 Å². The van der Waals surface area contributed by atoms with Gasteiger partial charge in [-0.25, -0.2) is 9.59 Å². The summed E-state index contributed by atoms with van der Waals surface area (Å²) in [5.74, 6) is -1.93. The van der Waals surface area contributed by atoms with Gasteiger partial charge in [0.25, 0.3) is 0 Å². The van der Waals surface area contributed by atoms with Crippen LogP contribution in [-0.4, -0.2) is 70.7 Å². The van der Waals surface area contributed by atoms with Gasteiger partial charge in [0.1, 0.15) is 18.1 Å². The molecule has 0 bridgehead atoms. The van der Waals surface area contributed by atoms with Gasteiger partial charge < -0.3 is 30.7 Å². The van der Waals surface area contributed by atoms with Crippen molar-refractivity contribution >= 4 is 46.8 Å². The molecular formula is C26H38N4O6S. The summed E-state index contributed by atoms with van der Waals surface area (Å²) in [4.78, 5) is 51.3. The third kappa shape index (κ3) is 8.99. The quantitative estimate of drug-likeness (QED) is 0.249. The number of amides is 2. The van der Waals surface area contributed by atoms with Crippen LogP contribution in [0.1, 0.15) is 63.7 Å². The van der Waals surface area contributed by atoms with Gasteiger partial charge in [0.05, 0.1) is 12.7 Å². The van der Waals surface area contributed by atoms with Gasteiger partial charge in [0, 0.05) is 12.2 Å². The number of carbonyl (C=O) groups is 4. The van der Waals surface area contributed by atoms with Crippen molar-refractivity contribution in [2.45, 2.75) is 71.5 Å². The predicted octanol–water partition coefficient (Wildman–Crippen LogP) is 2.78. The molecule has 0 spiro atoms. The minimum atomic E-state index is -0.945. The number of hydrogen-bond acceptors (Lipinski definition) is 6. The molecule has 1 saturated heterocycles. The number of rotatable bonds is 11. The number of likely N-dealkylation sites (tertiary alicyclic amines) is 1. The number of aliphatic carboxylic acids is 1. The van der Waals surface area contributed by atoms with Crippen molar-refractivity contribution in [1.82, 2.24) is 15.5 Å². The first kappa shape index (κ1) is 30.0. The average Bonchev–Trinajstić information content (AvgIpc) is 3.33. The van der Waals surface area contributed by atoms with E-state index in [0.29, 0.717) is 43.5 Å². The van der Waals surface area contributed by atoms with Gasteiger partial charge >= 0.3 is 11.9 Å². The molecule has 37 heavy (non-hydrogen) atoms. The lowest BCUT2D eigenvalue weighted by atomic mass is 10.00. The summed E-state index contributed by atoms with van der Waals surface area (Å²) in [7, 11) is 1.29. The third-order valence-electron chi connectivity index (χ3n) is 6.03. The van der Waals surface area contributed by atoms with Gasteiger partial charge in [-0.15, -0.1) is 0 Å². The molecule has 0 radical (unpaired) electrons. The highest BCUT2D eigenvalue weighted by atomic mass is 32.1. The van der Waals surface area contributed by atoms with Crippen LogP contribution in [0.3, 0.4) is 0 Å². The normalized spacial score (nSPS) is 16.7. The number of carbonyl (C=O) groups excluding carboxylic acids is 3. The number of methoxy groups -OCH3 is 1. The molecule has 1 fully saturated rings. The number of benzene rings is 1.